The number of nitrogens with one attached hydrogen (secondary N) is 1. The van der Waals surface area contributed by atoms with Crippen LogP contribution in [0.4, 0.5) is 24.7 Å². The van der Waals surface area contributed by atoms with E-state index in [-0.39, 0.29) is 24.8 Å². The molecule has 0 saturated carbocycles. The lowest BCUT2D eigenvalue weighted by Crippen LogP contribution is -2.47. The van der Waals surface area contributed by atoms with Crippen LogP contribution in [0, 0.1) is 0 Å². The molecule has 2 heterocycles. The van der Waals surface area contributed by atoms with Gasteiger partial charge in [0, 0.05) is 38.1 Å². The van der Waals surface area contributed by atoms with Crippen molar-refractivity contribution in [2.24, 2.45) is 0 Å². The Balaban J connectivity index is 1.65. The van der Waals surface area contributed by atoms with E-state index in [0.717, 1.165) is 12.1 Å². The predicted molar refractivity (Wildman–Crippen MR) is 105 cm³/mol. The SMILES string of the molecule is C=CC(=O)Nc1ccc(S(=O)N2CCN(c3ncccc3C(F)(F)F)CC2)cc1. The fourth-order valence-corrected chi connectivity index (χ4v) is 4.09. The van der Waals surface area contributed by atoms with Gasteiger partial charge in [-0.25, -0.2) is 13.5 Å². The number of aromatic nitrogens is 1. The first-order valence-corrected chi connectivity index (χ1v) is 9.88. The van der Waals surface area contributed by atoms with Crippen LogP contribution in [0.1, 0.15) is 5.56 Å². The Bertz CT molecular complexity index is 910. The number of alkyl halides is 3. The second kappa shape index (κ2) is 8.75. The van der Waals surface area contributed by atoms with E-state index in [1.165, 1.54) is 12.3 Å². The van der Waals surface area contributed by atoms with Gasteiger partial charge in [0.2, 0.25) is 5.91 Å². The molecule has 1 atom stereocenters. The number of halogens is 3. The molecule has 1 unspecified atom stereocenters. The lowest BCUT2D eigenvalue weighted by atomic mass is 10.2. The van der Waals surface area contributed by atoms with Crippen molar-refractivity contribution in [3.8, 4) is 0 Å². The van der Waals surface area contributed by atoms with Crippen molar-refractivity contribution in [2.45, 2.75) is 11.1 Å². The van der Waals surface area contributed by atoms with Gasteiger partial charge in [-0.3, -0.25) is 4.79 Å². The number of nitrogens with zero attached hydrogens (tertiary/aromatic N) is 3. The van der Waals surface area contributed by atoms with E-state index in [2.05, 4.69) is 16.9 Å². The highest BCUT2D eigenvalue weighted by Crippen LogP contribution is 2.35. The topological polar surface area (TPSA) is 65.5 Å². The van der Waals surface area contributed by atoms with Gasteiger partial charge in [0.05, 0.1) is 10.5 Å². The Kier molecular flexibility index (Phi) is 6.33. The van der Waals surface area contributed by atoms with Crippen LogP contribution in [0.5, 0.6) is 0 Å². The number of carbonyl (C=O) groups excluding carboxylic acids is 1. The fourth-order valence-electron chi connectivity index (χ4n) is 2.93. The summed E-state index contributed by atoms with van der Waals surface area (Å²) in [6.07, 6.45) is -1.99. The largest absolute Gasteiger partial charge is 0.419 e. The summed E-state index contributed by atoms with van der Waals surface area (Å²) < 4.78 is 54.1. The highest BCUT2D eigenvalue weighted by atomic mass is 32.2. The van der Waals surface area contributed by atoms with Crippen LogP contribution >= 0.6 is 0 Å². The van der Waals surface area contributed by atoms with Crippen LogP contribution < -0.4 is 10.2 Å². The monoisotopic (exact) mass is 424 g/mol. The highest BCUT2D eigenvalue weighted by molar-refractivity contribution is 7.82. The molecule has 29 heavy (non-hydrogen) atoms. The number of hydrogen-bond acceptors (Lipinski definition) is 4. The molecule has 1 amide bonds. The normalized spacial score (nSPS) is 16.3. The van der Waals surface area contributed by atoms with E-state index in [4.69, 9.17) is 0 Å². The lowest BCUT2D eigenvalue weighted by Gasteiger charge is -2.35. The van der Waals surface area contributed by atoms with Crippen LogP contribution in [-0.2, 0) is 22.0 Å². The second-order valence-electron chi connectivity index (χ2n) is 6.26. The molecule has 1 aromatic carbocycles. The van der Waals surface area contributed by atoms with Crippen LogP contribution in [0.15, 0.2) is 60.1 Å². The number of benzene rings is 1. The summed E-state index contributed by atoms with van der Waals surface area (Å²) >= 11 is 0. The third-order valence-electron chi connectivity index (χ3n) is 4.37. The molecule has 1 saturated heterocycles. The molecular weight excluding hydrogens is 405 g/mol. The Hall–Kier alpha value is -2.72. The summed E-state index contributed by atoms with van der Waals surface area (Å²) in [5.74, 6) is -0.449. The lowest BCUT2D eigenvalue weighted by molar-refractivity contribution is -0.137. The molecule has 6 nitrogen and oxygen atoms in total. The standard InChI is InChI=1S/C19H19F3N4O2S/c1-2-17(27)24-14-5-7-15(8-6-14)29(28)26-12-10-25(11-13-26)18-16(19(20,21)22)4-3-9-23-18/h2-9H,1,10-13H2,(H,24,27). The Morgan fingerprint density at radius 1 is 1.14 bits per heavy atom. The number of pyridine rings is 1. The summed E-state index contributed by atoms with van der Waals surface area (Å²) in [6, 6.07) is 8.82. The molecule has 0 bridgehead atoms. The van der Waals surface area contributed by atoms with Crippen molar-refractivity contribution >= 4 is 28.4 Å². The number of rotatable bonds is 5. The first kappa shape index (κ1) is 21.0. The maximum Gasteiger partial charge on any atom is 0.419 e. The zero-order chi connectivity index (χ0) is 21.0. The molecular formula is C19H19F3N4O2S. The van der Waals surface area contributed by atoms with Gasteiger partial charge in [-0.15, -0.1) is 0 Å². The number of hydrogen-bond donors (Lipinski definition) is 1. The zero-order valence-electron chi connectivity index (χ0n) is 15.4. The molecule has 1 fully saturated rings. The summed E-state index contributed by atoms with van der Waals surface area (Å²) in [4.78, 5) is 17.3. The number of piperazine rings is 1. The minimum atomic E-state index is -4.48. The third kappa shape index (κ3) is 5.01. The minimum absolute atomic E-state index is 0.104. The Morgan fingerprint density at radius 3 is 2.38 bits per heavy atom. The van der Waals surface area contributed by atoms with Crippen molar-refractivity contribution < 1.29 is 22.2 Å². The molecule has 0 radical (unpaired) electrons. The summed E-state index contributed by atoms with van der Waals surface area (Å²) in [5.41, 5.74) is -0.220. The minimum Gasteiger partial charge on any atom is -0.353 e. The molecule has 1 aliphatic heterocycles. The molecule has 1 aliphatic rings. The number of carbonyl (C=O) groups is 1. The maximum absolute atomic E-state index is 13.2. The average molecular weight is 424 g/mol. The molecule has 3 rings (SSSR count). The van der Waals surface area contributed by atoms with Crippen molar-refractivity contribution in [2.75, 3.05) is 36.4 Å². The quantitative estimate of drug-likeness (QED) is 0.750. The van der Waals surface area contributed by atoms with Gasteiger partial charge < -0.3 is 10.2 Å². The third-order valence-corrected chi connectivity index (χ3v) is 5.88. The molecule has 0 spiro atoms. The average Bonchev–Trinajstić information content (AvgIpc) is 2.73. The molecule has 10 heteroatoms. The second-order valence-corrected chi connectivity index (χ2v) is 7.74. The van der Waals surface area contributed by atoms with Crippen molar-refractivity contribution in [1.82, 2.24) is 9.29 Å². The smallest absolute Gasteiger partial charge is 0.353 e. The summed E-state index contributed by atoms with van der Waals surface area (Å²) in [6.45, 7) is 4.58. The van der Waals surface area contributed by atoms with E-state index < -0.39 is 22.7 Å². The van der Waals surface area contributed by atoms with Gasteiger partial charge in [-0.1, -0.05) is 6.58 Å². The van der Waals surface area contributed by atoms with Gasteiger partial charge in [0.1, 0.15) is 16.8 Å². The molecule has 1 N–H and O–H groups in total. The Labute approximate surface area is 168 Å². The highest BCUT2D eigenvalue weighted by Gasteiger charge is 2.36. The van der Waals surface area contributed by atoms with E-state index in [9.17, 15) is 22.2 Å². The first-order valence-electron chi connectivity index (χ1n) is 8.77. The molecule has 1 aromatic heterocycles. The van der Waals surface area contributed by atoms with Crippen LogP contribution in [-0.4, -0.2) is 45.6 Å². The fraction of sp³-hybridized carbons (Fsp3) is 0.263. The van der Waals surface area contributed by atoms with Gasteiger partial charge in [-0.05, 0) is 42.5 Å². The van der Waals surface area contributed by atoms with Crippen molar-refractivity contribution in [1.29, 1.82) is 0 Å². The number of anilines is 2. The van der Waals surface area contributed by atoms with Gasteiger partial charge in [-0.2, -0.15) is 13.2 Å². The molecule has 0 aliphatic carbocycles. The van der Waals surface area contributed by atoms with Crippen molar-refractivity contribution in [3.05, 3.63) is 60.8 Å². The summed E-state index contributed by atoms with van der Waals surface area (Å²) in [5, 5.41) is 2.60. The van der Waals surface area contributed by atoms with E-state index in [1.54, 1.807) is 33.5 Å². The van der Waals surface area contributed by atoms with Gasteiger partial charge in [0.15, 0.2) is 0 Å². The molecule has 154 valence electrons. The van der Waals surface area contributed by atoms with E-state index in [0.29, 0.717) is 23.7 Å². The maximum atomic E-state index is 13.2. The number of amides is 1. The van der Waals surface area contributed by atoms with Crippen LogP contribution in [0.3, 0.4) is 0 Å². The first-order chi connectivity index (χ1) is 13.8. The van der Waals surface area contributed by atoms with Gasteiger partial charge in [0.25, 0.3) is 0 Å². The van der Waals surface area contributed by atoms with Crippen molar-refractivity contribution in [3.63, 3.8) is 0 Å². The van der Waals surface area contributed by atoms with Crippen LogP contribution in [0.2, 0.25) is 0 Å². The Morgan fingerprint density at radius 2 is 1.79 bits per heavy atom. The zero-order valence-corrected chi connectivity index (χ0v) is 16.2. The summed E-state index contributed by atoms with van der Waals surface area (Å²) in [7, 11) is -1.46. The molecule has 2 aromatic rings. The van der Waals surface area contributed by atoms with E-state index >= 15 is 0 Å². The van der Waals surface area contributed by atoms with Gasteiger partial charge >= 0.3 is 6.18 Å². The predicted octanol–water partition coefficient (Wildman–Crippen LogP) is 3.07. The van der Waals surface area contributed by atoms with Crippen LogP contribution in [0.25, 0.3) is 0 Å². The van der Waals surface area contributed by atoms with E-state index in [1.807, 2.05) is 0 Å².